The van der Waals surface area contributed by atoms with Gasteiger partial charge in [-0.05, 0) is 38.0 Å². The topological polar surface area (TPSA) is 47.6 Å². The van der Waals surface area contributed by atoms with Gasteiger partial charge in [-0.3, -0.25) is 4.79 Å². The number of carbonyl (C=O) groups excluding carboxylic acids is 1. The number of alkyl halides is 1. The molecule has 0 heterocycles. The van der Waals surface area contributed by atoms with Crippen LogP contribution in [-0.2, 0) is 11.2 Å². The largest absolute Gasteiger partial charge is 0.490 e. The Morgan fingerprint density at radius 3 is 2.52 bits per heavy atom. The molecule has 0 aliphatic rings. The maximum absolute atomic E-state index is 11.6. The molecule has 0 saturated heterocycles. The summed E-state index contributed by atoms with van der Waals surface area (Å²) in [7, 11) is 0. The first-order chi connectivity index (χ1) is 10.1. The summed E-state index contributed by atoms with van der Waals surface area (Å²) in [5, 5.41) is 2.88. The second-order valence-electron chi connectivity index (χ2n) is 4.74. The predicted molar refractivity (Wildman–Crippen MR) is 85.4 cm³/mol. The van der Waals surface area contributed by atoms with E-state index in [0.717, 1.165) is 23.5 Å². The zero-order chi connectivity index (χ0) is 15.7. The molecule has 5 heteroatoms. The summed E-state index contributed by atoms with van der Waals surface area (Å²) in [5.41, 5.74) is 1.10. The van der Waals surface area contributed by atoms with E-state index in [0.29, 0.717) is 25.6 Å². The summed E-state index contributed by atoms with van der Waals surface area (Å²) < 4.78 is 11.1. The van der Waals surface area contributed by atoms with Gasteiger partial charge in [-0.15, -0.1) is 11.6 Å². The number of rotatable bonds is 9. The molecule has 0 fully saturated rings. The lowest BCUT2D eigenvalue weighted by atomic mass is 10.1. The van der Waals surface area contributed by atoms with Crippen LogP contribution in [0.15, 0.2) is 18.2 Å². The maximum atomic E-state index is 11.6. The average molecular weight is 314 g/mol. The minimum Gasteiger partial charge on any atom is -0.490 e. The van der Waals surface area contributed by atoms with Crippen LogP contribution >= 0.6 is 11.6 Å². The van der Waals surface area contributed by atoms with Crippen LogP contribution < -0.4 is 14.8 Å². The van der Waals surface area contributed by atoms with E-state index in [1.54, 1.807) is 0 Å². The Hall–Kier alpha value is -1.42. The molecule has 1 N–H and O–H groups in total. The van der Waals surface area contributed by atoms with Gasteiger partial charge in [0.2, 0.25) is 5.91 Å². The third kappa shape index (κ3) is 5.84. The first-order valence-electron chi connectivity index (χ1n) is 7.34. The number of amides is 1. The van der Waals surface area contributed by atoms with E-state index in [1.807, 2.05) is 39.0 Å². The van der Waals surface area contributed by atoms with Crippen LogP contribution in [0.3, 0.4) is 0 Å². The van der Waals surface area contributed by atoms with Gasteiger partial charge in [0, 0.05) is 18.3 Å². The fourth-order valence-corrected chi connectivity index (χ4v) is 1.97. The van der Waals surface area contributed by atoms with Crippen molar-refractivity contribution in [2.24, 2.45) is 5.92 Å². The monoisotopic (exact) mass is 313 g/mol. The Morgan fingerprint density at radius 2 is 1.90 bits per heavy atom. The van der Waals surface area contributed by atoms with Crippen molar-refractivity contribution in [1.29, 1.82) is 0 Å². The van der Waals surface area contributed by atoms with E-state index in [4.69, 9.17) is 21.1 Å². The molecule has 0 aromatic heterocycles. The van der Waals surface area contributed by atoms with Crippen molar-refractivity contribution in [3.8, 4) is 11.5 Å². The Kier molecular flexibility index (Phi) is 7.98. The quantitative estimate of drug-likeness (QED) is 0.713. The summed E-state index contributed by atoms with van der Waals surface area (Å²) in [6, 6.07) is 5.86. The maximum Gasteiger partial charge on any atom is 0.224 e. The van der Waals surface area contributed by atoms with Gasteiger partial charge < -0.3 is 14.8 Å². The number of benzene rings is 1. The normalized spacial score (nSPS) is 11.8. The van der Waals surface area contributed by atoms with Crippen LogP contribution in [0.1, 0.15) is 26.3 Å². The van der Waals surface area contributed by atoms with Crippen molar-refractivity contribution in [2.45, 2.75) is 27.2 Å². The van der Waals surface area contributed by atoms with E-state index in [-0.39, 0.29) is 11.8 Å². The van der Waals surface area contributed by atoms with Crippen molar-refractivity contribution >= 4 is 17.5 Å². The molecule has 1 aromatic carbocycles. The number of carbonyl (C=O) groups is 1. The van der Waals surface area contributed by atoms with Gasteiger partial charge in [-0.2, -0.15) is 0 Å². The van der Waals surface area contributed by atoms with E-state index in [9.17, 15) is 4.79 Å². The second kappa shape index (κ2) is 9.50. The van der Waals surface area contributed by atoms with Crippen LogP contribution in [0.4, 0.5) is 0 Å². The van der Waals surface area contributed by atoms with Crippen molar-refractivity contribution < 1.29 is 14.3 Å². The van der Waals surface area contributed by atoms with Crippen LogP contribution in [0, 0.1) is 5.92 Å². The third-order valence-electron chi connectivity index (χ3n) is 3.00. The van der Waals surface area contributed by atoms with E-state index in [2.05, 4.69) is 5.32 Å². The Bertz CT molecular complexity index is 451. The summed E-state index contributed by atoms with van der Waals surface area (Å²) >= 11 is 5.65. The van der Waals surface area contributed by atoms with E-state index < -0.39 is 0 Å². The third-order valence-corrected chi connectivity index (χ3v) is 3.46. The summed E-state index contributed by atoms with van der Waals surface area (Å²) in [6.45, 7) is 7.47. The molecule has 1 rings (SSSR count). The summed E-state index contributed by atoms with van der Waals surface area (Å²) in [5.74, 6) is 1.66. The first kappa shape index (κ1) is 17.6. The number of hydrogen-bond donors (Lipinski definition) is 1. The molecule has 0 aliphatic heterocycles. The minimum absolute atomic E-state index is 0.0130. The van der Waals surface area contributed by atoms with Crippen molar-refractivity contribution in [1.82, 2.24) is 5.32 Å². The molecule has 0 aliphatic carbocycles. The molecule has 1 amide bonds. The average Bonchev–Trinajstić information content (AvgIpc) is 2.49. The Morgan fingerprint density at radius 1 is 1.24 bits per heavy atom. The SMILES string of the molecule is CCOc1ccc(CCNC(=O)C(C)CCl)cc1OCC. The van der Waals surface area contributed by atoms with Gasteiger partial charge in [0.15, 0.2) is 11.5 Å². The zero-order valence-corrected chi connectivity index (χ0v) is 13.7. The van der Waals surface area contributed by atoms with Gasteiger partial charge in [0.25, 0.3) is 0 Å². The van der Waals surface area contributed by atoms with Gasteiger partial charge in [-0.25, -0.2) is 0 Å². The van der Waals surface area contributed by atoms with Crippen molar-refractivity contribution in [2.75, 3.05) is 25.6 Å². The molecule has 4 nitrogen and oxygen atoms in total. The molecule has 0 spiro atoms. The molecule has 1 atom stereocenters. The Labute approximate surface area is 131 Å². The number of nitrogens with one attached hydrogen (secondary N) is 1. The highest BCUT2D eigenvalue weighted by Gasteiger charge is 2.11. The van der Waals surface area contributed by atoms with Crippen molar-refractivity contribution in [3.05, 3.63) is 23.8 Å². The van der Waals surface area contributed by atoms with Gasteiger partial charge in [0.05, 0.1) is 13.2 Å². The molecule has 1 aromatic rings. The van der Waals surface area contributed by atoms with Crippen LogP contribution in [0.5, 0.6) is 11.5 Å². The first-order valence-corrected chi connectivity index (χ1v) is 7.88. The standard InChI is InChI=1S/C16H24ClNO3/c1-4-20-14-7-6-13(10-15(14)21-5-2)8-9-18-16(19)12(3)11-17/h6-7,10,12H,4-5,8-9,11H2,1-3H3,(H,18,19). The van der Waals surface area contributed by atoms with Crippen LogP contribution in [0.2, 0.25) is 0 Å². The number of hydrogen-bond acceptors (Lipinski definition) is 3. The summed E-state index contributed by atoms with van der Waals surface area (Å²) in [6.07, 6.45) is 0.743. The lowest BCUT2D eigenvalue weighted by Gasteiger charge is -2.13. The predicted octanol–water partition coefficient (Wildman–Crippen LogP) is 3.02. The molecule has 0 saturated carbocycles. The highest BCUT2D eigenvalue weighted by Crippen LogP contribution is 2.28. The summed E-state index contributed by atoms with van der Waals surface area (Å²) in [4.78, 5) is 11.6. The molecule has 118 valence electrons. The van der Waals surface area contributed by atoms with Gasteiger partial charge in [0.1, 0.15) is 0 Å². The molecular formula is C16H24ClNO3. The number of halogens is 1. The lowest BCUT2D eigenvalue weighted by Crippen LogP contribution is -2.31. The van der Waals surface area contributed by atoms with Crippen LogP contribution in [0.25, 0.3) is 0 Å². The second-order valence-corrected chi connectivity index (χ2v) is 5.05. The Balaban J connectivity index is 2.59. The number of ether oxygens (including phenoxy) is 2. The van der Waals surface area contributed by atoms with Gasteiger partial charge in [-0.1, -0.05) is 13.0 Å². The molecule has 1 unspecified atom stereocenters. The van der Waals surface area contributed by atoms with Crippen molar-refractivity contribution in [3.63, 3.8) is 0 Å². The molecular weight excluding hydrogens is 290 g/mol. The zero-order valence-electron chi connectivity index (χ0n) is 12.9. The van der Waals surface area contributed by atoms with E-state index in [1.165, 1.54) is 0 Å². The highest BCUT2D eigenvalue weighted by molar-refractivity contribution is 6.19. The minimum atomic E-state index is -0.161. The molecule has 0 radical (unpaired) electrons. The van der Waals surface area contributed by atoms with Gasteiger partial charge >= 0.3 is 0 Å². The highest BCUT2D eigenvalue weighted by atomic mass is 35.5. The van der Waals surface area contributed by atoms with Crippen LogP contribution in [-0.4, -0.2) is 31.5 Å². The fraction of sp³-hybridized carbons (Fsp3) is 0.562. The smallest absolute Gasteiger partial charge is 0.224 e. The lowest BCUT2D eigenvalue weighted by molar-refractivity contribution is -0.123. The molecule has 21 heavy (non-hydrogen) atoms. The fourth-order valence-electron chi connectivity index (χ4n) is 1.83. The molecule has 0 bridgehead atoms. The van der Waals surface area contributed by atoms with E-state index >= 15 is 0 Å².